The summed E-state index contributed by atoms with van der Waals surface area (Å²) in [7, 11) is 1.79. The van der Waals surface area contributed by atoms with Crippen LogP contribution in [0.25, 0.3) is 0 Å². The minimum Gasteiger partial charge on any atom is -0.388 e. The van der Waals surface area contributed by atoms with Crippen molar-refractivity contribution in [2.45, 2.75) is 6.54 Å². The normalized spacial score (nSPS) is 10.2. The van der Waals surface area contributed by atoms with E-state index in [0.29, 0.717) is 6.54 Å². The second-order valence-electron chi connectivity index (χ2n) is 3.91. The maximum absolute atomic E-state index is 11.3. The van der Waals surface area contributed by atoms with Crippen molar-refractivity contribution in [1.82, 2.24) is 9.55 Å². The van der Waals surface area contributed by atoms with Crippen molar-refractivity contribution >= 4 is 11.4 Å². The Kier molecular flexibility index (Phi) is 3.56. The summed E-state index contributed by atoms with van der Waals surface area (Å²) < 4.78 is 1.56. The van der Waals surface area contributed by atoms with Crippen LogP contribution in [0, 0.1) is 10.1 Å². The Balaban J connectivity index is 2.30. The van der Waals surface area contributed by atoms with Gasteiger partial charge in [0.15, 0.2) is 0 Å². The van der Waals surface area contributed by atoms with Crippen LogP contribution in [0.1, 0.15) is 5.69 Å². The molecule has 19 heavy (non-hydrogen) atoms. The molecule has 0 aliphatic rings. The monoisotopic (exact) mass is 260 g/mol. The zero-order valence-electron chi connectivity index (χ0n) is 10.2. The largest absolute Gasteiger partial charge is 0.388 e. The number of aromatic nitrogens is 2. The molecule has 0 aliphatic carbocycles. The predicted octanol–water partition coefficient (Wildman–Crippen LogP) is 1.24. The van der Waals surface area contributed by atoms with E-state index in [0.717, 1.165) is 11.4 Å². The SMILES string of the molecule is CNc1ccnc(Cn2ccc(=O)c([N+](=O)[O-])c2)c1. The molecule has 98 valence electrons. The van der Waals surface area contributed by atoms with E-state index >= 15 is 0 Å². The maximum atomic E-state index is 11.3. The van der Waals surface area contributed by atoms with Gasteiger partial charge in [-0.3, -0.25) is 19.9 Å². The molecule has 0 fully saturated rings. The first kappa shape index (κ1) is 12.7. The van der Waals surface area contributed by atoms with Gasteiger partial charge in [-0.2, -0.15) is 0 Å². The first-order valence-electron chi connectivity index (χ1n) is 5.57. The zero-order valence-corrected chi connectivity index (χ0v) is 10.2. The zero-order chi connectivity index (χ0) is 13.8. The topological polar surface area (TPSA) is 90.1 Å². The highest BCUT2D eigenvalue weighted by Crippen LogP contribution is 2.09. The van der Waals surface area contributed by atoms with Gasteiger partial charge in [-0.05, 0) is 12.1 Å². The molecular formula is C12H12N4O3. The van der Waals surface area contributed by atoms with Crippen LogP contribution in [-0.2, 0) is 6.54 Å². The maximum Gasteiger partial charge on any atom is 0.332 e. The number of nitrogens with one attached hydrogen (secondary N) is 1. The highest BCUT2D eigenvalue weighted by molar-refractivity contribution is 5.42. The van der Waals surface area contributed by atoms with E-state index in [2.05, 4.69) is 10.3 Å². The quantitative estimate of drug-likeness (QED) is 0.659. The highest BCUT2D eigenvalue weighted by atomic mass is 16.6. The van der Waals surface area contributed by atoms with E-state index < -0.39 is 16.0 Å². The molecule has 2 aromatic rings. The molecular weight excluding hydrogens is 248 g/mol. The number of nitrogens with zero attached hydrogens (tertiary/aromatic N) is 3. The summed E-state index contributed by atoms with van der Waals surface area (Å²) >= 11 is 0. The molecule has 0 aromatic carbocycles. The molecule has 0 bridgehead atoms. The minimum atomic E-state index is -0.684. The molecule has 0 unspecified atom stereocenters. The summed E-state index contributed by atoms with van der Waals surface area (Å²) in [5.74, 6) is 0. The van der Waals surface area contributed by atoms with Crippen molar-refractivity contribution in [3.63, 3.8) is 0 Å². The van der Waals surface area contributed by atoms with Crippen molar-refractivity contribution < 1.29 is 4.92 Å². The first-order valence-corrected chi connectivity index (χ1v) is 5.57. The van der Waals surface area contributed by atoms with Gasteiger partial charge in [-0.25, -0.2) is 0 Å². The minimum absolute atomic E-state index is 0.358. The smallest absolute Gasteiger partial charge is 0.332 e. The molecule has 0 aliphatic heterocycles. The number of hydrogen-bond acceptors (Lipinski definition) is 5. The van der Waals surface area contributed by atoms with E-state index in [1.165, 1.54) is 18.5 Å². The average molecular weight is 260 g/mol. The third-order valence-corrected chi connectivity index (χ3v) is 2.60. The third-order valence-electron chi connectivity index (χ3n) is 2.60. The van der Waals surface area contributed by atoms with Crippen molar-refractivity contribution in [2.75, 3.05) is 12.4 Å². The lowest BCUT2D eigenvalue weighted by Crippen LogP contribution is -2.11. The molecule has 7 heteroatoms. The van der Waals surface area contributed by atoms with Gasteiger partial charge in [0.05, 0.1) is 23.4 Å². The van der Waals surface area contributed by atoms with Crippen LogP contribution in [0.5, 0.6) is 0 Å². The molecule has 0 saturated carbocycles. The van der Waals surface area contributed by atoms with Gasteiger partial charge in [0, 0.05) is 31.2 Å². The van der Waals surface area contributed by atoms with Crippen LogP contribution in [-0.4, -0.2) is 21.5 Å². The molecule has 2 aromatic heterocycles. The molecule has 0 saturated heterocycles. The second kappa shape index (κ2) is 5.30. The third kappa shape index (κ3) is 2.95. The predicted molar refractivity (Wildman–Crippen MR) is 70.2 cm³/mol. The molecule has 7 nitrogen and oxygen atoms in total. The van der Waals surface area contributed by atoms with Gasteiger partial charge >= 0.3 is 5.69 Å². The summed E-state index contributed by atoms with van der Waals surface area (Å²) in [6, 6.07) is 4.83. The Morgan fingerprint density at radius 1 is 1.47 bits per heavy atom. The molecule has 2 rings (SSSR count). The lowest BCUT2D eigenvalue weighted by Gasteiger charge is -2.07. The summed E-state index contributed by atoms with van der Waals surface area (Å²) in [5.41, 5.74) is 0.607. The Hall–Kier alpha value is -2.70. The fraction of sp³-hybridized carbons (Fsp3) is 0.167. The lowest BCUT2D eigenvalue weighted by atomic mass is 10.3. The van der Waals surface area contributed by atoms with Gasteiger partial charge in [-0.1, -0.05) is 0 Å². The molecule has 0 amide bonds. The summed E-state index contributed by atoms with van der Waals surface area (Å²) in [5, 5.41) is 13.7. The van der Waals surface area contributed by atoms with Crippen molar-refractivity contribution in [3.8, 4) is 0 Å². The number of pyridine rings is 2. The Bertz CT molecular complexity index is 666. The van der Waals surface area contributed by atoms with Crippen LogP contribution in [0.4, 0.5) is 11.4 Å². The Morgan fingerprint density at radius 3 is 2.95 bits per heavy atom. The van der Waals surface area contributed by atoms with E-state index in [4.69, 9.17) is 0 Å². The van der Waals surface area contributed by atoms with Crippen molar-refractivity contribution in [1.29, 1.82) is 0 Å². The van der Waals surface area contributed by atoms with E-state index in [-0.39, 0.29) is 0 Å². The van der Waals surface area contributed by atoms with Crippen molar-refractivity contribution in [2.24, 2.45) is 0 Å². The highest BCUT2D eigenvalue weighted by Gasteiger charge is 2.11. The van der Waals surface area contributed by atoms with E-state index in [9.17, 15) is 14.9 Å². The van der Waals surface area contributed by atoms with E-state index in [1.54, 1.807) is 17.8 Å². The molecule has 2 heterocycles. The number of rotatable bonds is 4. The van der Waals surface area contributed by atoms with Crippen molar-refractivity contribution in [3.05, 3.63) is 62.8 Å². The Morgan fingerprint density at radius 2 is 2.26 bits per heavy atom. The van der Waals surface area contributed by atoms with Crippen LogP contribution in [0.3, 0.4) is 0 Å². The summed E-state index contributed by atoms with van der Waals surface area (Å²) in [6.45, 7) is 0.358. The van der Waals surface area contributed by atoms with Gasteiger partial charge in [0.2, 0.25) is 0 Å². The summed E-state index contributed by atoms with van der Waals surface area (Å²) in [6.07, 6.45) is 4.37. The van der Waals surface area contributed by atoms with Gasteiger partial charge in [-0.15, -0.1) is 0 Å². The van der Waals surface area contributed by atoms with Gasteiger partial charge in [0.25, 0.3) is 5.43 Å². The number of hydrogen-bond donors (Lipinski definition) is 1. The fourth-order valence-corrected chi connectivity index (χ4v) is 1.66. The lowest BCUT2D eigenvalue weighted by molar-refractivity contribution is -0.386. The molecule has 0 spiro atoms. The molecule has 0 radical (unpaired) electrons. The van der Waals surface area contributed by atoms with Crippen LogP contribution < -0.4 is 10.7 Å². The number of anilines is 1. The van der Waals surface area contributed by atoms with Crippen LogP contribution in [0.2, 0.25) is 0 Å². The fourth-order valence-electron chi connectivity index (χ4n) is 1.66. The van der Waals surface area contributed by atoms with E-state index in [1.807, 2.05) is 12.1 Å². The first-order chi connectivity index (χ1) is 9.10. The van der Waals surface area contributed by atoms with Crippen LogP contribution >= 0.6 is 0 Å². The van der Waals surface area contributed by atoms with Gasteiger partial charge < -0.3 is 9.88 Å². The second-order valence-corrected chi connectivity index (χ2v) is 3.91. The molecule has 1 N–H and O–H groups in total. The number of nitro groups is 1. The molecule has 0 atom stereocenters. The average Bonchev–Trinajstić information content (AvgIpc) is 2.41. The van der Waals surface area contributed by atoms with Gasteiger partial charge in [0.1, 0.15) is 0 Å². The Labute approximate surface area is 108 Å². The van der Waals surface area contributed by atoms with Crippen LogP contribution in [0.15, 0.2) is 41.6 Å². The standard InChI is InChI=1S/C12H12N4O3/c1-13-9-2-4-14-10(6-9)7-15-5-3-12(17)11(8-15)16(18)19/h2-6,8H,7H2,1H3,(H,13,14). The summed E-state index contributed by atoms with van der Waals surface area (Å²) in [4.78, 5) is 25.5.